The fourth-order valence-electron chi connectivity index (χ4n) is 5.15. The average Bonchev–Trinajstić information content (AvgIpc) is 3.09. The molecule has 0 aliphatic carbocycles. The van der Waals surface area contributed by atoms with E-state index in [4.69, 9.17) is 4.74 Å². The van der Waals surface area contributed by atoms with E-state index in [2.05, 4.69) is 31.9 Å². The number of hydrogen-bond acceptors (Lipinski definition) is 8. The van der Waals surface area contributed by atoms with E-state index in [1.165, 1.54) is 7.05 Å². The number of hydrogen-bond donors (Lipinski definition) is 7. The maximum Gasteiger partial charge on any atom is 0.471 e. The maximum absolute atomic E-state index is 13.4. The molecule has 0 fully saturated rings. The third kappa shape index (κ3) is 22.2. The van der Waals surface area contributed by atoms with Crippen LogP contribution in [0.1, 0.15) is 91.5 Å². The quantitative estimate of drug-likeness (QED) is 0.0818. The molecule has 0 saturated heterocycles. The Morgan fingerprint density at radius 1 is 0.691 bits per heavy atom. The maximum atomic E-state index is 13.4. The van der Waals surface area contributed by atoms with E-state index in [1.807, 2.05) is 13.8 Å². The van der Waals surface area contributed by atoms with Crippen molar-refractivity contribution in [2.24, 2.45) is 5.92 Å². The summed E-state index contributed by atoms with van der Waals surface area (Å²) in [6, 6.07) is 5.62. The molecule has 0 heterocycles. The molecule has 0 spiro atoms. The van der Waals surface area contributed by atoms with Crippen LogP contribution in [0.4, 0.5) is 18.0 Å². The van der Waals surface area contributed by atoms with Crippen LogP contribution in [-0.4, -0.2) is 98.1 Å². The van der Waals surface area contributed by atoms with Crippen molar-refractivity contribution in [1.82, 2.24) is 37.2 Å². The zero-order valence-electron chi connectivity index (χ0n) is 32.6. The van der Waals surface area contributed by atoms with Crippen LogP contribution >= 0.6 is 0 Å². The lowest BCUT2D eigenvalue weighted by atomic mass is 10.0. The van der Waals surface area contributed by atoms with Gasteiger partial charge in [0.15, 0.2) is 0 Å². The fraction of sp³-hybridized carbons (Fsp3) is 0.649. The summed E-state index contributed by atoms with van der Waals surface area (Å²) in [4.78, 5) is 87.8. The standard InChI is InChI=1S/C37H58F3N7O8/c1-24(2)21-27(46-29(48)18-11-8-13-20-43-35(54)55-36(3,4)5)32(51)44-23-30(49)45-26(17-12-14-19-42-34(53)37(38,39)40)33(52)47-28(31(50)41-6)22-25-15-9-7-10-16-25/h7,9-10,15-16,24,26-28H,8,11-14,17-23H2,1-6H3,(H,41,50)(H,42,53)(H,43,54)(H,44,51)(H,45,49)(H,46,48)(H,47,52). The van der Waals surface area contributed by atoms with Crippen LogP contribution in [0.15, 0.2) is 30.3 Å². The van der Waals surface area contributed by atoms with Gasteiger partial charge in [-0.3, -0.25) is 28.8 Å². The van der Waals surface area contributed by atoms with Gasteiger partial charge in [0.05, 0.1) is 6.54 Å². The van der Waals surface area contributed by atoms with E-state index in [0.717, 1.165) is 5.56 Å². The lowest BCUT2D eigenvalue weighted by molar-refractivity contribution is -0.173. The molecule has 310 valence electrons. The van der Waals surface area contributed by atoms with Gasteiger partial charge >= 0.3 is 18.2 Å². The van der Waals surface area contributed by atoms with E-state index in [9.17, 15) is 46.7 Å². The Morgan fingerprint density at radius 2 is 1.31 bits per heavy atom. The van der Waals surface area contributed by atoms with Crippen LogP contribution in [0.2, 0.25) is 0 Å². The minimum atomic E-state index is -5.05. The number of alkyl halides is 3. The van der Waals surface area contributed by atoms with Gasteiger partial charge in [0.2, 0.25) is 29.5 Å². The summed E-state index contributed by atoms with van der Waals surface area (Å²) in [6.45, 7) is 8.47. The van der Waals surface area contributed by atoms with E-state index in [1.54, 1.807) is 56.4 Å². The number of halogens is 3. The molecule has 18 heteroatoms. The summed E-state index contributed by atoms with van der Waals surface area (Å²) in [7, 11) is 1.40. The smallest absolute Gasteiger partial charge is 0.444 e. The van der Waals surface area contributed by atoms with Crippen molar-refractivity contribution >= 4 is 41.5 Å². The Kier molecular flexibility index (Phi) is 21.4. The second kappa shape index (κ2) is 24.5. The molecular formula is C37H58F3N7O8. The number of likely N-dealkylation sites (N-methyl/N-ethyl adjacent to an activating group) is 1. The second-order valence-corrected chi connectivity index (χ2v) is 14.4. The molecule has 7 N–H and O–H groups in total. The third-order valence-electron chi connectivity index (χ3n) is 7.81. The second-order valence-electron chi connectivity index (χ2n) is 14.4. The van der Waals surface area contributed by atoms with Crippen molar-refractivity contribution in [1.29, 1.82) is 0 Å². The highest BCUT2D eigenvalue weighted by Gasteiger charge is 2.38. The largest absolute Gasteiger partial charge is 0.471 e. The number of unbranched alkanes of at least 4 members (excludes halogenated alkanes) is 3. The van der Waals surface area contributed by atoms with Crippen molar-refractivity contribution in [3.05, 3.63) is 35.9 Å². The fourth-order valence-corrected chi connectivity index (χ4v) is 5.15. The van der Waals surface area contributed by atoms with Gasteiger partial charge in [-0.2, -0.15) is 13.2 Å². The van der Waals surface area contributed by atoms with Crippen LogP contribution in [0, 0.1) is 5.92 Å². The molecule has 0 aromatic heterocycles. The number of carbonyl (C=O) groups is 7. The lowest BCUT2D eigenvalue weighted by Crippen LogP contribution is -2.55. The number of benzene rings is 1. The number of alkyl carbamates (subject to hydrolysis) is 1. The van der Waals surface area contributed by atoms with Gasteiger partial charge in [0, 0.05) is 33.0 Å². The minimum Gasteiger partial charge on any atom is -0.444 e. The molecular weight excluding hydrogens is 727 g/mol. The van der Waals surface area contributed by atoms with Crippen LogP contribution in [0.5, 0.6) is 0 Å². The molecule has 7 amide bonds. The number of amides is 7. The van der Waals surface area contributed by atoms with Gasteiger partial charge in [0.1, 0.15) is 23.7 Å². The van der Waals surface area contributed by atoms with Crippen molar-refractivity contribution in [3.8, 4) is 0 Å². The highest BCUT2D eigenvalue weighted by molar-refractivity contribution is 5.94. The monoisotopic (exact) mass is 785 g/mol. The first-order valence-corrected chi connectivity index (χ1v) is 18.5. The van der Waals surface area contributed by atoms with Crippen molar-refractivity contribution in [3.63, 3.8) is 0 Å². The first-order chi connectivity index (χ1) is 25.7. The van der Waals surface area contributed by atoms with Gasteiger partial charge in [-0.1, -0.05) is 50.6 Å². The van der Waals surface area contributed by atoms with Crippen molar-refractivity contribution in [2.75, 3.05) is 26.7 Å². The summed E-state index contributed by atoms with van der Waals surface area (Å²) >= 11 is 0. The third-order valence-corrected chi connectivity index (χ3v) is 7.81. The Balaban J connectivity index is 2.83. The number of nitrogens with one attached hydrogen (secondary N) is 7. The minimum absolute atomic E-state index is 0.00181. The molecule has 0 bridgehead atoms. The topological polar surface area (TPSA) is 213 Å². The molecule has 3 atom stereocenters. The van der Waals surface area contributed by atoms with Crippen LogP contribution in [0.25, 0.3) is 0 Å². The lowest BCUT2D eigenvalue weighted by Gasteiger charge is -2.24. The normalized spacial score (nSPS) is 13.1. The highest BCUT2D eigenvalue weighted by atomic mass is 19.4. The van der Waals surface area contributed by atoms with E-state index in [-0.39, 0.29) is 56.9 Å². The van der Waals surface area contributed by atoms with Crippen molar-refractivity contribution < 1.29 is 51.5 Å². The average molecular weight is 786 g/mol. The number of carbonyl (C=O) groups excluding carboxylic acids is 7. The zero-order valence-corrected chi connectivity index (χ0v) is 32.6. The molecule has 0 aliphatic heterocycles. The van der Waals surface area contributed by atoms with Gasteiger partial charge in [-0.25, -0.2) is 4.79 Å². The SMILES string of the molecule is CNC(=O)C(Cc1ccccc1)NC(=O)C(CCCCNC(=O)C(F)(F)F)NC(=O)CNC(=O)C(CC(C)C)NC(=O)CCCCCNC(=O)OC(C)(C)C. The first-order valence-electron chi connectivity index (χ1n) is 18.5. The molecule has 0 saturated carbocycles. The molecule has 3 unspecified atom stereocenters. The molecule has 0 aliphatic rings. The van der Waals surface area contributed by atoms with E-state index in [0.29, 0.717) is 25.8 Å². The summed E-state index contributed by atoms with van der Waals surface area (Å²) in [5.41, 5.74) is 0.135. The van der Waals surface area contributed by atoms with Crippen LogP contribution in [-0.2, 0) is 39.9 Å². The molecule has 1 rings (SSSR count). The van der Waals surface area contributed by atoms with Gasteiger partial charge in [0.25, 0.3) is 0 Å². The highest BCUT2D eigenvalue weighted by Crippen LogP contribution is 2.14. The van der Waals surface area contributed by atoms with Gasteiger partial charge in [-0.05, 0) is 70.8 Å². The zero-order chi connectivity index (χ0) is 41.6. The van der Waals surface area contributed by atoms with Gasteiger partial charge < -0.3 is 42.0 Å². The predicted octanol–water partition coefficient (Wildman–Crippen LogP) is 2.53. The van der Waals surface area contributed by atoms with E-state index >= 15 is 0 Å². The summed E-state index contributed by atoms with van der Waals surface area (Å²) < 4.78 is 42.8. The summed E-state index contributed by atoms with van der Waals surface area (Å²) in [5.74, 6) is -5.10. The van der Waals surface area contributed by atoms with Crippen LogP contribution in [0.3, 0.4) is 0 Å². The Labute approximate surface area is 320 Å². The Hall–Kier alpha value is -4.90. The summed E-state index contributed by atoms with van der Waals surface area (Å²) in [6.07, 6.45) is -3.20. The van der Waals surface area contributed by atoms with Crippen LogP contribution < -0.4 is 37.2 Å². The number of ether oxygens (including phenoxy) is 1. The molecule has 1 aromatic rings. The molecule has 55 heavy (non-hydrogen) atoms. The van der Waals surface area contributed by atoms with E-state index < -0.39 is 72.1 Å². The Bertz CT molecular complexity index is 1410. The molecule has 1 aromatic carbocycles. The first kappa shape index (κ1) is 48.1. The molecule has 15 nitrogen and oxygen atoms in total. The van der Waals surface area contributed by atoms with Gasteiger partial charge in [-0.15, -0.1) is 0 Å². The number of rotatable bonds is 23. The Morgan fingerprint density at radius 3 is 1.91 bits per heavy atom. The molecule has 0 radical (unpaired) electrons. The predicted molar refractivity (Wildman–Crippen MR) is 198 cm³/mol. The van der Waals surface area contributed by atoms with Crippen molar-refractivity contribution in [2.45, 2.75) is 122 Å². The summed E-state index contributed by atoms with van der Waals surface area (Å²) in [5, 5.41) is 17.2.